The van der Waals surface area contributed by atoms with Gasteiger partial charge >= 0.3 is 0 Å². The highest BCUT2D eigenvalue weighted by Crippen LogP contribution is 2.04. The van der Waals surface area contributed by atoms with Crippen molar-refractivity contribution in [2.75, 3.05) is 0 Å². The number of hydrogen-bond acceptors (Lipinski definition) is 3. The van der Waals surface area contributed by atoms with Gasteiger partial charge in [-0.25, -0.2) is 0 Å². The molecule has 0 saturated carbocycles. The molecule has 3 heteroatoms. The Hall–Kier alpha value is -1.77. The Balaban J connectivity index is 2.64. The number of rotatable bonds is 3. The molecule has 0 bridgehead atoms. The molecule has 0 N–H and O–H groups in total. The molecular weight excluding hydrogens is 168 g/mol. The van der Waals surface area contributed by atoms with Crippen LogP contribution < -0.4 is 5.11 Å². The average Bonchev–Trinajstić information content (AvgIpc) is 2.51. The lowest BCUT2D eigenvalue weighted by Gasteiger charge is -1.93. The quantitative estimate of drug-likeness (QED) is 0.511. The second-order valence-corrected chi connectivity index (χ2v) is 2.60. The number of carboxylic acids is 1. The molecule has 1 rings (SSSR count). The second-order valence-electron chi connectivity index (χ2n) is 2.60. The number of aliphatic carboxylic acids is 1. The van der Waals surface area contributed by atoms with Crippen LogP contribution >= 0.6 is 0 Å². The fourth-order valence-corrected chi connectivity index (χ4v) is 0.832. The van der Waals surface area contributed by atoms with Gasteiger partial charge in [0.25, 0.3) is 0 Å². The van der Waals surface area contributed by atoms with Crippen LogP contribution in [0.4, 0.5) is 0 Å². The van der Waals surface area contributed by atoms with Crippen LogP contribution in [0, 0.1) is 0 Å². The third-order valence-corrected chi connectivity index (χ3v) is 1.43. The Morgan fingerprint density at radius 2 is 2.38 bits per heavy atom. The predicted octanol–water partition coefficient (Wildman–Crippen LogP) is 0.989. The van der Waals surface area contributed by atoms with Gasteiger partial charge in [-0.2, -0.15) is 0 Å². The van der Waals surface area contributed by atoms with Gasteiger partial charge in [-0.1, -0.05) is 12.2 Å². The maximum atomic E-state index is 10.1. The number of furan rings is 1. The van der Waals surface area contributed by atoms with E-state index in [0.29, 0.717) is 5.57 Å². The molecule has 0 aliphatic heterocycles. The molecular formula is C10H9O3-. The first-order chi connectivity index (χ1) is 6.18. The van der Waals surface area contributed by atoms with Crippen LogP contribution in [0.25, 0.3) is 6.08 Å². The molecule has 1 aromatic heterocycles. The summed E-state index contributed by atoms with van der Waals surface area (Å²) in [5.41, 5.74) is 1.52. The molecule has 0 saturated heterocycles. The second kappa shape index (κ2) is 4.30. The van der Waals surface area contributed by atoms with Gasteiger partial charge in [-0.3, -0.25) is 0 Å². The van der Waals surface area contributed by atoms with E-state index in [0.717, 1.165) is 11.6 Å². The van der Waals surface area contributed by atoms with Gasteiger partial charge < -0.3 is 14.3 Å². The van der Waals surface area contributed by atoms with E-state index in [1.807, 2.05) is 0 Å². The molecule has 13 heavy (non-hydrogen) atoms. The van der Waals surface area contributed by atoms with E-state index in [4.69, 9.17) is 4.42 Å². The van der Waals surface area contributed by atoms with E-state index in [1.54, 1.807) is 37.7 Å². The van der Waals surface area contributed by atoms with Crippen molar-refractivity contribution in [1.82, 2.24) is 0 Å². The molecule has 1 heterocycles. The van der Waals surface area contributed by atoms with Crippen molar-refractivity contribution < 1.29 is 14.3 Å². The summed E-state index contributed by atoms with van der Waals surface area (Å²) in [6.07, 6.45) is 7.61. The van der Waals surface area contributed by atoms with Crippen molar-refractivity contribution in [3.05, 3.63) is 41.9 Å². The molecule has 3 nitrogen and oxygen atoms in total. The first-order valence-electron chi connectivity index (χ1n) is 3.78. The summed E-state index contributed by atoms with van der Waals surface area (Å²) < 4.78 is 4.83. The first-order valence-corrected chi connectivity index (χ1v) is 3.78. The molecule has 0 unspecified atom stereocenters. The van der Waals surface area contributed by atoms with Crippen molar-refractivity contribution in [3.8, 4) is 0 Å². The Kier molecular flexibility index (Phi) is 3.09. The monoisotopic (exact) mass is 177 g/mol. The van der Waals surface area contributed by atoms with Gasteiger partial charge in [0.1, 0.15) is 0 Å². The molecule has 0 aromatic carbocycles. The SMILES string of the molecule is CC(=C/C(=O)[O-])/C=C/c1ccoc1. The third-order valence-electron chi connectivity index (χ3n) is 1.43. The molecule has 0 radical (unpaired) electrons. The zero-order valence-electron chi connectivity index (χ0n) is 7.19. The molecule has 0 amide bonds. The van der Waals surface area contributed by atoms with Gasteiger partial charge in [0.2, 0.25) is 0 Å². The molecule has 0 spiro atoms. The maximum absolute atomic E-state index is 10.1. The average molecular weight is 177 g/mol. The van der Waals surface area contributed by atoms with Gasteiger partial charge in [0.05, 0.1) is 18.5 Å². The number of carbonyl (C=O) groups is 1. The van der Waals surface area contributed by atoms with Crippen LogP contribution in [0.15, 0.2) is 40.7 Å². The number of carbonyl (C=O) groups excluding carboxylic acids is 1. The van der Waals surface area contributed by atoms with Gasteiger partial charge in [0.15, 0.2) is 0 Å². The number of carboxylic acid groups (broad SMARTS) is 1. The van der Waals surface area contributed by atoms with Crippen molar-refractivity contribution in [2.45, 2.75) is 6.92 Å². The summed E-state index contributed by atoms with van der Waals surface area (Å²) in [5.74, 6) is -1.19. The zero-order chi connectivity index (χ0) is 9.68. The summed E-state index contributed by atoms with van der Waals surface area (Å²) in [6.45, 7) is 1.69. The van der Waals surface area contributed by atoms with Gasteiger partial charge in [-0.05, 0) is 24.6 Å². The van der Waals surface area contributed by atoms with E-state index in [1.165, 1.54) is 0 Å². The lowest BCUT2D eigenvalue weighted by molar-refractivity contribution is -0.297. The minimum absolute atomic E-state index is 0.626. The fourth-order valence-electron chi connectivity index (χ4n) is 0.832. The summed E-state index contributed by atoms with van der Waals surface area (Å²) >= 11 is 0. The van der Waals surface area contributed by atoms with Crippen LogP contribution in [-0.2, 0) is 4.79 Å². The number of hydrogen-bond donors (Lipinski definition) is 0. The molecule has 0 aliphatic rings. The molecule has 1 aromatic rings. The van der Waals surface area contributed by atoms with E-state index < -0.39 is 5.97 Å². The first kappa shape index (κ1) is 9.32. The minimum Gasteiger partial charge on any atom is -0.545 e. The van der Waals surface area contributed by atoms with E-state index >= 15 is 0 Å². The predicted molar refractivity (Wildman–Crippen MR) is 46.5 cm³/mol. The Bertz CT molecular complexity index is 331. The van der Waals surface area contributed by atoms with Crippen molar-refractivity contribution in [3.63, 3.8) is 0 Å². The van der Waals surface area contributed by atoms with E-state index in [2.05, 4.69) is 0 Å². The Labute approximate surface area is 76.0 Å². The summed E-state index contributed by atoms with van der Waals surface area (Å²) in [5, 5.41) is 10.1. The van der Waals surface area contributed by atoms with E-state index in [-0.39, 0.29) is 0 Å². The fraction of sp³-hybridized carbons (Fsp3) is 0.100. The van der Waals surface area contributed by atoms with Gasteiger partial charge in [0, 0.05) is 5.56 Å². The molecule has 0 aliphatic carbocycles. The largest absolute Gasteiger partial charge is 0.545 e. The lowest BCUT2D eigenvalue weighted by Crippen LogP contribution is -2.19. The maximum Gasteiger partial charge on any atom is 0.0974 e. The summed E-state index contributed by atoms with van der Waals surface area (Å²) in [6, 6.07) is 1.78. The summed E-state index contributed by atoms with van der Waals surface area (Å²) in [4.78, 5) is 10.1. The topological polar surface area (TPSA) is 53.3 Å². The van der Waals surface area contributed by atoms with Crippen molar-refractivity contribution in [2.24, 2.45) is 0 Å². The minimum atomic E-state index is -1.19. The van der Waals surface area contributed by atoms with E-state index in [9.17, 15) is 9.90 Å². The molecule has 0 atom stereocenters. The molecule has 0 fully saturated rings. The van der Waals surface area contributed by atoms with Crippen LogP contribution in [-0.4, -0.2) is 5.97 Å². The smallest absolute Gasteiger partial charge is 0.0974 e. The van der Waals surface area contributed by atoms with Gasteiger partial charge in [-0.15, -0.1) is 0 Å². The van der Waals surface area contributed by atoms with Crippen molar-refractivity contribution >= 4 is 12.0 Å². The van der Waals surface area contributed by atoms with Crippen LogP contribution in [0.1, 0.15) is 12.5 Å². The molecule has 68 valence electrons. The zero-order valence-corrected chi connectivity index (χ0v) is 7.19. The highest BCUT2D eigenvalue weighted by Gasteiger charge is 1.86. The van der Waals surface area contributed by atoms with Crippen molar-refractivity contribution in [1.29, 1.82) is 0 Å². The summed E-state index contributed by atoms with van der Waals surface area (Å²) in [7, 11) is 0. The standard InChI is InChI=1S/C10H10O3/c1-8(6-10(11)12)2-3-9-4-5-13-7-9/h2-7H,1H3,(H,11,12)/p-1/b3-2+,8-6-. The Morgan fingerprint density at radius 1 is 1.62 bits per heavy atom. The van der Waals surface area contributed by atoms with Crippen LogP contribution in [0.2, 0.25) is 0 Å². The Morgan fingerprint density at radius 3 is 2.92 bits per heavy atom. The highest BCUT2D eigenvalue weighted by atomic mass is 16.4. The van der Waals surface area contributed by atoms with Crippen LogP contribution in [0.5, 0.6) is 0 Å². The lowest BCUT2D eigenvalue weighted by atomic mass is 10.2. The highest BCUT2D eigenvalue weighted by molar-refractivity contribution is 5.79. The normalized spacial score (nSPS) is 12.2. The number of allylic oxidation sites excluding steroid dienone is 2. The van der Waals surface area contributed by atoms with Crippen LogP contribution in [0.3, 0.4) is 0 Å². The third kappa shape index (κ3) is 3.42.